The van der Waals surface area contributed by atoms with Crippen LogP contribution in [-0.2, 0) is 17.5 Å². The molecule has 1 aliphatic heterocycles. The predicted molar refractivity (Wildman–Crippen MR) is 95.7 cm³/mol. The summed E-state index contributed by atoms with van der Waals surface area (Å²) in [5.74, 6) is -0.540. The Morgan fingerprint density at radius 2 is 2.03 bits per heavy atom. The molecule has 0 bridgehead atoms. The minimum atomic E-state index is -4.55. The van der Waals surface area contributed by atoms with Crippen molar-refractivity contribution < 1.29 is 22.8 Å². The third-order valence-electron chi connectivity index (χ3n) is 4.80. The summed E-state index contributed by atoms with van der Waals surface area (Å²) in [6.07, 6.45) is 0.216. The number of nitrogens with zero attached hydrogens (tertiary/aromatic N) is 5. The van der Waals surface area contributed by atoms with E-state index >= 15 is 0 Å². The van der Waals surface area contributed by atoms with Crippen LogP contribution in [0.5, 0.6) is 0 Å². The highest BCUT2D eigenvalue weighted by Gasteiger charge is 2.33. The van der Waals surface area contributed by atoms with Gasteiger partial charge in [0.25, 0.3) is 5.91 Å². The number of likely N-dealkylation sites (tertiary alicyclic amines) is 1. The second-order valence-corrected chi connectivity index (χ2v) is 6.90. The number of rotatable bonds is 4. The van der Waals surface area contributed by atoms with Crippen molar-refractivity contribution in [3.05, 3.63) is 41.7 Å². The predicted octanol–water partition coefficient (Wildman–Crippen LogP) is 1.81. The highest BCUT2D eigenvalue weighted by atomic mass is 19.4. The van der Waals surface area contributed by atoms with Gasteiger partial charge in [-0.3, -0.25) is 9.59 Å². The lowest BCUT2D eigenvalue weighted by atomic mass is 10.1. The first-order chi connectivity index (χ1) is 13.7. The van der Waals surface area contributed by atoms with Crippen LogP contribution in [0.25, 0.3) is 0 Å². The van der Waals surface area contributed by atoms with Crippen molar-refractivity contribution in [3.8, 4) is 0 Å². The maximum Gasteiger partial charge on any atom is 0.433 e. The number of nitrogens with one attached hydrogen (secondary N) is 1. The molecule has 3 rings (SSSR count). The molecule has 1 aliphatic rings. The van der Waals surface area contributed by atoms with E-state index in [2.05, 4.69) is 20.4 Å². The minimum Gasteiger partial charge on any atom is -0.349 e. The van der Waals surface area contributed by atoms with Gasteiger partial charge >= 0.3 is 6.18 Å². The molecule has 2 aromatic rings. The van der Waals surface area contributed by atoms with Crippen molar-refractivity contribution >= 4 is 11.8 Å². The van der Waals surface area contributed by atoms with Crippen LogP contribution in [0.1, 0.15) is 41.0 Å². The fourth-order valence-corrected chi connectivity index (χ4v) is 3.27. The van der Waals surface area contributed by atoms with Crippen LogP contribution in [0, 0.1) is 6.92 Å². The summed E-state index contributed by atoms with van der Waals surface area (Å²) in [6.45, 7) is 2.53. The summed E-state index contributed by atoms with van der Waals surface area (Å²) >= 11 is 0. The molecule has 0 saturated carbocycles. The largest absolute Gasteiger partial charge is 0.433 e. The third kappa shape index (κ3) is 5.30. The molecule has 2 amide bonds. The number of hydrogen-bond acceptors (Lipinski definition) is 5. The van der Waals surface area contributed by atoms with Crippen LogP contribution in [0.2, 0.25) is 0 Å². The zero-order valence-corrected chi connectivity index (χ0v) is 15.8. The Bertz CT molecular complexity index is 869. The molecule has 0 aromatic carbocycles. The van der Waals surface area contributed by atoms with E-state index in [0.717, 1.165) is 12.1 Å². The summed E-state index contributed by atoms with van der Waals surface area (Å²) < 4.78 is 39.7. The van der Waals surface area contributed by atoms with Crippen molar-refractivity contribution in [2.24, 2.45) is 0 Å². The fourth-order valence-electron chi connectivity index (χ4n) is 3.27. The summed E-state index contributed by atoms with van der Waals surface area (Å²) in [5, 5.41) is 6.77. The van der Waals surface area contributed by atoms with Crippen LogP contribution in [0.4, 0.5) is 13.2 Å². The SMILES string of the molecule is Cc1nc(C(F)(F)F)ccc1C(=O)NC1CCCN(C(=O)Cn2cncn2)CC1. The van der Waals surface area contributed by atoms with Gasteiger partial charge in [-0.15, -0.1) is 0 Å². The van der Waals surface area contributed by atoms with Crippen LogP contribution >= 0.6 is 0 Å². The Hall–Kier alpha value is -2.98. The van der Waals surface area contributed by atoms with Gasteiger partial charge in [-0.25, -0.2) is 14.6 Å². The molecular weight excluding hydrogens is 389 g/mol. The lowest BCUT2D eigenvalue weighted by molar-refractivity contribution is -0.141. The van der Waals surface area contributed by atoms with E-state index in [1.807, 2.05) is 0 Å². The minimum absolute atomic E-state index is 0.0237. The Morgan fingerprint density at radius 3 is 2.69 bits per heavy atom. The lowest BCUT2D eigenvalue weighted by Crippen LogP contribution is -2.38. The zero-order chi connectivity index (χ0) is 21.0. The van der Waals surface area contributed by atoms with Gasteiger partial charge in [0.05, 0.1) is 11.3 Å². The average molecular weight is 410 g/mol. The van der Waals surface area contributed by atoms with E-state index in [-0.39, 0.29) is 29.8 Å². The number of aromatic nitrogens is 4. The number of hydrogen-bond donors (Lipinski definition) is 1. The molecule has 156 valence electrons. The molecule has 0 spiro atoms. The van der Waals surface area contributed by atoms with Crippen LogP contribution in [0.15, 0.2) is 24.8 Å². The maximum atomic E-state index is 12.7. The number of amides is 2. The van der Waals surface area contributed by atoms with Crippen LogP contribution in [-0.4, -0.2) is 55.6 Å². The van der Waals surface area contributed by atoms with Crippen molar-refractivity contribution in [1.29, 1.82) is 0 Å². The topological polar surface area (TPSA) is 93.0 Å². The van der Waals surface area contributed by atoms with E-state index in [9.17, 15) is 22.8 Å². The monoisotopic (exact) mass is 410 g/mol. The van der Waals surface area contributed by atoms with Gasteiger partial charge in [0, 0.05) is 19.1 Å². The van der Waals surface area contributed by atoms with Crippen molar-refractivity contribution in [3.63, 3.8) is 0 Å². The van der Waals surface area contributed by atoms with Gasteiger partial charge in [0.1, 0.15) is 24.9 Å². The Balaban J connectivity index is 1.57. The quantitative estimate of drug-likeness (QED) is 0.830. The Kier molecular flexibility index (Phi) is 6.14. The first kappa shape index (κ1) is 20.7. The molecule has 2 aromatic heterocycles. The fraction of sp³-hybridized carbons (Fsp3) is 0.500. The normalized spacial score (nSPS) is 17.7. The maximum absolute atomic E-state index is 12.7. The van der Waals surface area contributed by atoms with Gasteiger partial charge < -0.3 is 10.2 Å². The van der Waals surface area contributed by atoms with E-state index in [0.29, 0.717) is 32.4 Å². The molecule has 1 atom stereocenters. The van der Waals surface area contributed by atoms with Gasteiger partial charge in [-0.1, -0.05) is 0 Å². The van der Waals surface area contributed by atoms with Gasteiger partial charge in [-0.05, 0) is 38.3 Å². The summed E-state index contributed by atoms with van der Waals surface area (Å²) in [4.78, 5) is 33.9. The molecule has 11 heteroatoms. The van der Waals surface area contributed by atoms with E-state index in [1.165, 1.54) is 24.3 Å². The number of alkyl halides is 3. The first-order valence-corrected chi connectivity index (χ1v) is 9.20. The second-order valence-electron chi connectivity index (χ2n) is 6.90. The average Bonchev–Trinajstić information content (AvgIpc) is 3.04. The van der Waals surface area contributed by atoms with Crippen molar-refractivity contribution in [2.75, 3.05) is 13.1 Å². The van der Waals surface area contributed by atoms with Crippen LogP contribution in [0.3, 0.4) is 0 Å². The third-order valence-corrected chi connectivity index (χ3v) is 4.80. The van der Waals surface area contributed by atoms with E-state index < -0.39 is 17.8 Å². The Morgan fingerprint density at radius 1 is 1.24 bits per heavy atom. The number of aryl methyl sites for hydroxylation is 1. The molecule has 0 radical (unpaired) electrons. The van der Waals surface area contributed by atoms with Gasteiger partial charge in [-0.2, -0.15) is 18.3 Å². The van der Waals surface area contributed by atoms with E-state index in [1.54, 1.807) is 4.90 Å². The zero-order valence-electron chi connectivity index (χ0n) is 15.8. The summed E-state index contributed by atoms with van der Waals surface area (Å²) in [5.41, 5.74) is -0.889. The first-order valence-electron chi connectivity index (χ1n) is 9.20. The molecule has 3 heterocycles. The van der Waals surface area contributed by atoms with Gasteiger partial charge in [0.15, 0.2) is 0 Å². The second kappa shape index (κ2) is 8.58. The van der Waals surface area contributed by atoms with E-state index in [4.69, 9.17) is 0 Å². The Labute approximate surface area is 165 Å². The molecule has 8 nitrogen and oxygen atoms in total. The summed E-state index contributed by atoms with van der Waals surface area (Å²) in [7, 11) is 0. The molecule has 1 saturated heterocycles. The number of pyridine rings is 1. The number of carbonyl (C=O) groups is 2. The highest BCUT2D eigenvalue weighted by molar-refractivity contribution is 5.95. The smallest absolute Gasteiger partial charge is 0.349 e. The molecule has 0 aliphatic carbocycles. The highest BCUT2D eigenvalue weighted by Crippen LogP contribution is 2.28. The standard InChI is InChI=1S/C18H21F3N6O2/c1-12-14(4-5-15(24-12)18(19,20)21)17(29)25-13-3-2-7-26(8-6-13)16(28)9-27-11-22-10-23-27/h4-5,10-11,13H,2-3,6-9H2,1H3,(H,25,29). The molecule has 1 fully saturated rings. The van der Waals surface area contributed by atoms with Gasteiger partial charge in [0.2, 0.25) is 5.91 Å². The number of halogens is 3. The molecule has 1 N–H and O–H groups in total. The van der Waals surface area contributed by atoms with Crippen LogP contribution < -0.4 is 5.32 Å². The summed E-state index contributed by atoms with van der Waals surface area (Å²) in [6, 6.07) is 1.78. The molecular formula is C18H21F3N6O2. The van der Waals surface area contributed by atoms with Crippen molar-refractivity contribution in [2.45, 2.75) is 44.9 Å². The molecule has 29 heavy (non-hydrogen) atoms. The van der Waals surface area contributed by atoms with Crippen molar-refractivity contribution in [1.82, 2.24) is 30.0 Å². The molecule has 1 unspecified atom stereocenters. The lowest BCUT2D eigenvalue weighted by Gasteiger charge is -2.21. The number of carbonyl (C=O) groups excluding carboxylic acids is 2.